The maximum absolute atomic E-state index is 7.11. The molecule has 0 spiro atoms. The van der Waals surface area contributed by atoms with Crippen LogP contribution < -0.4 is 0 Å². The van der Waals surface area contributed by atoms with E-state index in [9.17, 15) is 0 Å². The summed E-state index contributed by atoms with van der Waals surface area (Å²) in [6.45, 7) is 6.43. The molecule has 0 aromatic rings. The van der Waals surface area contributed by atoms with E-state index in [1.54, 1.807) is 0 Å². The van der Waals surface area contributed by atoms with Gasteiger partial charge in [-0.15, -0.1) is 0 Å². The first kappa shape index (κ1) is 9.40. The van der Waals surface area contributed by atoms with Gasteiger partial charge in [0, 0.05) is 6.21 Å². The molecule has 0 heterocycles. The Labute approximate surface area is 70.9 Å². The van der Waals surface area contributed by atoms with Crippen molar-refractivity contribution in [3.63, 3.8) is 0 Å². The highest BCUT2D eigenvalue weighted by atomic mass is 127. The van der Waals surface area contributed by atoms with Crippen LogP contribution in [0.2, 0.25) is 0 Å². The Balaban J connectivity index is 3.95. The molecule has 0 aliphatic carbocycles. The Kier molecular flexibility index (Phi) is 3.70. The third-order valence-corrected chi connectivity index (χ3v) is 3.23. The summed E-state index contributed by atoms with van der Waals surface area (Å²) in [5.41, 5.74) is 0. The average Bonchev–Trinajstić information content (AvgIpc) is 1.86. The number of hydrogen-bond donors (Lipinski definition) is 1. The summed E-state index contributed by atoms with van der Waals surface area (Å²) >= 11 is 2.32. The molecule has 9 heavy (non-hydrogen) atoms. The molecule has 1 N–H and O–H groups in total. The Hall–Kier alpha value is 0.400. The highest BCUT2D eigenvalue weighted by Gasteiger charge is 2.23. The molecule has 0 fully saturated rings. The quantitative estimate of drug-likeness (QED) is 0.445. The summed E-state index contributed by atoms with van der Waals surface area (Å²) in [5, 5.41) is 7.11. The van der Waals surface area contributed by atoms with Gasteiger partial charge < -0.3 is 5.41 Å². The number of hydrogen-bond acceptors (Lipinski definition) is 1. The van der Waals surface area contributed by atoms with Crippen LogP contribution in [-0.2, 0) is 0 Å². The van der Waals surface area contributed by atoms with Crippen molar-refractivity contribution in [3.05, 3.63) is 0 Å². The fraction of sp³-hybridized carbons (Fsp3) is 0.857. The molecular formula is C7H14IN. The van der Waals surface area contributed by atoms with E-state index >= 15 is 0 Å². The van der Waals surface area contributed by atoms with Crippen molar-refractivity contribution >= 4 is 28.8 Å². The summed E-state index contributed by atoms with van der Waals surface area (Å²) in [6.07, 6.45) is 2.68. The Bertz CT molecular complexity index is 99.1. The van der Waals surface area contributed by atoms with Crippen molar-refractivity contribution in [2.24, 2.45) is 5.92 Å². The van der Waals surface area contributed by atoms with Crippen LogP contribution in [0.15, 0.2) is 0 Å². The monoisotopic (exact) mass is 239 g/mol. The number of rotatable bonds is 3. The van der Waals surface area contributed by atoms with Crippen molar-refractivity contribution in [2.45, 2.75) is 30.6 Å². The average molecular weight is 239 g/mol. The van der Waals surface area contributed by atoms with E-state index in [0.717, 1.165) is 6.42 Å². The predicted molar refractivity (Wildman–Crippen MR) is 50.7 cm³/mol. The molecule has 1 unspecified atom stereocenters. The lowest BCUT2D eigenvalue weighted by atomic mass is 9.95. The van der Waals surface area contributed by atoms with Gasteiger partial charge in [-0.25, -0.2) is 0 Å². The second kappa shape index (κ2) is 3.54. The van der Waals surface area contributed by atoms with Gasteiger partial charge in [0.1, 0.15) is 0 Å². The smallest absolute Gasteiger partial charge is 0.0563 e. The summed E-state index contributed by atoms with van der Waals surface area (Å²) in [6, 6.07) is 0. The summed E-state index contributed by atoms with van der Waals surface area (Å²) < 4.78 is 0.0620. The maximum atomic E-state index is 7.11. The van der Waals surface area contributed by atoms with E-state index in [4.69, 9.17) is 5.41 Å². The van der Waals surface area contributed by atoms with Gasteiger partial charge in [0.2, 0.25) is 0 Å². The fourth-order valence-corrected chi connectivity index (χ4v) is 0.982. The minimum Gasteiger partial charge on any atom is -0.312 e. The van der Waals surface area contributed by atoms with Gasteiger partial charge in [0.15, 0.2) is 0 Å². The first-order chi connectivity index (χ1) is 4.04. The zero-order valence-electron chi connectivity index (χ0n) is 6.24. The predicted octanol–water partition coefficient (Wildman–Crippen LogP) is 2.88. The number of alkyl halides is 1. The molecule has 0 saturated carbocycles. The second-order valence-electron chi connectivity index (χ2n) is 2.60. The van der Waals surface area contributed by atoms with Crippen LogP contribution in [0, 0.1) is 11.3 Å². The molecule has 54 valence electrons. The zero-order chi connectivity index (χ0) is 7.49. The van der Waals surface area contributed by atoms with Gasteiger partial charge >= 0.3 is 0 Å². The molecule has 0 aliphatic rings. The highest BCUT2D eigenvalue weighted by molar-refractivity contribution is 14.1. The van der Waals surface area contributed by atoms with E-state index in [2.05, 4.69) is 43.4 Å². The van der Waals surface area contributed by atoms with E-state index in [1.165, 1.54) is 6.21 Å². The first-order valence-corrected chi connectivity index (χ1v) is 4.33. The molecule has 0 radical (unpaired) electrons. The lowest BCUT2D eigenvalue weighted by Gasteiger charge is -2.23. The zero-order valence-corrected chi connectivity index (χ0v) is 8.40. The Morgan fingerprint density at radius 2 is 2.22 bits per heavy atom. The van der Waals surface area contributed by atoms with Gasteiger partial charge in [0.25, 0.3) is 0 Å². The molecule has 0 rings (SSSR count). The van der Waals surface area contributed by atoms with Crippen LogP contribution in [-0.4, -0.2) is 9.64 Å². The molecule has 0 bridgehead atoms. The standard InChI is InChI=1S/C7H14IN/c1-4-6(2)7(3,8)5-9/h5-6,9H,4H2,1-3H3/t6-,7?/m1/s1. The van der Waals surface area contributed by atoms with Crippen LogP contribution in [0.5, 0.6) is 0 Å². The minimum absolute atomic E-state index is 0.0620. The summed E-state index contributed by atoms with van der Waals surface area (Å²) in [7, 11) is 0. The highest BCUT2D eigenvalue weighted by Crippen LogP contribution is 2.27. The number of halogens is 1. The molecular weight excluding hydrogens is 225 g/mol. The van der Waals surface area contributed by atoms with Crippen molar-refractivity contribution in [3.8, 4) is 0 Å². The summed E-state index contributed by atoms with van der Waals surface area (Å²) in [4.78, 5) is 0. The van der Waals surface area contributed by atoms with Gasteiger partial charge in [-0.3, -0.25) is 0 Å². The first-order valence-electron chi connectivity index (χ1n) is 3.25. The van der Waals surface area contributed by atoms with Crippen LogP contribution in [0.25, 0.3) is 0 Å². The van der Waals surface area contributed by atoms with Gasteiger partial charge in [-0.2, -0.15) is 0 Å². The lowest BCUT2D eigenvalue weighted by Crippen LogP contribution is -2.25. The van der Waals surface area contributed by atoms with Crippen molar-refractivity contribution in [1.29, 1.82) is 5.41 Å². The normalized spacial score (nSPS) is 20.4. The van der Waals surface area contributed by atoms with Crippen LogP contribution in [0.4, 0.5) is 0 Å². The topological polar surface area (TPSA) is 23.9 Å². The molecule has 2 heteroatoms. The van der Waals surface area contributed by atoms with Gasteiger partial charge in [-0.05, 0) is 12.8 Å². The molecule has 0 amide bonds. The van der Waals surface area contributed by atoms with Crippen LogP contribution in [0.1, 0.15) is 27.2 Å². The van der Waals surface area contributed by atoms with Crippen LogP contribution in [0.3, 0.4) is 0 Å². The fourth-order valence-electron chi connectivity index (χ4n) is 0.541. The van der Waals surface area contributed by atoms with Crippen LogP contribution >= 0.6 is 22.6 Å². The van der Waals surface area contributed by atoms with Crippen molar-refractivity contribution in [1.82, 2.24) is 0 Å². The Morgan fingerprint density at radius 1 is 1.78 bits per heavy atom. The van der Waals surface area contributed by atoms with E-state index in [0.29, 0.717) is 5.92 Å². The third kappa shape index (κ3) is 2.65. The molecule has 2 atom stereocenters. The summed E-state index contributed by atoms with van der Waals surface area (Å²) in [5.74, 6) is 0.607. The largest absolute Gasteiger partial charge is 0.312 e. The van der Waals surface area contributed by atoms with Gasteiger partial charge in [-0.1, -0.05) is 42.9 Å². The van der Waals surface area contributed by atoms with Crippen molar-refractivity contribution in [2.75, 3.05) is 0 Å². The number of nitrogens with one attached hydrogen (secondary N) is 1. The van der Waals surface area contributed by atoms with E-state index in [1.807, 2.05) is 0 Å². The SMILES string of the molecule is CC[C@@H](C)C(C)(I)C=N. The van der Waals surface area contributed by atoms with Gasteiger partial charge in [0.05, 0.1) is 3.42 Å². The Morgan fingerprint density at radius 3 is 2.33 bits per heavy atom. The minimum atomic E-state index is 0.0620. The van der Waals surface area contributed by atoms with Crippen molar-refractivity contribution < 1.29 is 0 Å². The third-order valence-electron chi connectivity index (χ3n) is 1.86. The van der Waals surface area contributed by atoms with E-state index in [-0.39, 0.29) is 3.42 Å². The second-order valence-corrected chi connectivity index (χ2v) is 4.93. The molecule has 0 aliphatic heterocycles. The lowest BCUT2D eigenvalue weighted by molar-refractivity contribution is 0.526. The molecule has 0 aromatic heterocycles. The molecule has 0 aromatic carbocycles. The van der Waals surface area contributed by atoms with E-state index < -0.39 is 0 Å². The molecule has 0 saturated heterocycles. The maximum Gasteiger partial charge on any atom is 0.0563 e. The molecule has 1 nitrogen and oxygen atoms in total.